The topological polar surface area (TPSA) is 61.4 Å². The standard InChI is InChI=1S/C11H24N2O2/c1-4-9(2)8-10(3)13-11(15)12-6-5-7-14/h9-10,14H,4-8H2,1-3H3,(H2,12,13,15). The summed E-state index contributed by atoms with van der Waals surface area (Å²) in [5.41, 5.74) is 0. The van der Waals surface area contributed by atoms with Crippen molar-refractivity contribution in [1.82, 2.24) is 10.6 Å². The number of carbonyl (C=O) groups excluding carboxylic acids is 1. The summed E-state index contributed by atoms with van der Waals surface area (Å²) in [4.78, 5) is 11.3. The van der Waals surface area contributed by atoms with Crippen molar-refractivity contribution in [2.24, 2.45) is 5.92 Å². The lowest BCUT2D eigenvalue weighted by Crippen LogP contribution is -2.41. The zero-order valence-electron chi connectivity index (χ0n) is 10.0. The quantitative estimate of drug-likeness (QED) is 0.565. The van der Waals surface area contributed by atoms with Crippen LogP contribution in [0.4, 0.5) is 4.79 Å². The van der Waals surface area contributed by atoms with E-state index in [2.05, 4.69) is 24.5 Å². The molecular formula is C11H24N2O2. The van der Waals surface area contributed by atoms with Gasteiger partial charge in [0.1, 0.15) is 0 Å². The molecule has 2 amide bonds. The summed E-state index contributed by atoms with van der Waals surface area (Å²) >= 11 is 0. The van der Waals surface area contributed by atoms with E-state index in [-0.39, 0.29) is 18.7 Å². The molecule has 4 heteroatoms. The molecule has 2 unspecified atom stereocenters. The predicted octanol–water partition coefficient (Wildman–Crippen LogP) is 1.49. The summed E-state index contributed by atoms with van der Waals surface area (Å²) in [5.74, 6) is 0.637. The first-order chi connectivity index (χ1) is 7.10. The number of rotatable bonds is 7. The van der Waals surface area contributed by atoms with Crippen LogP contribution in [0.1, 0.15) is 40.0 Å². The molecule has 0 aromatic carbocycles. The molecule has 0 rings (SSSR count). The summed E-state index contributed by atoms with van der Waals surface area (Å²) in [7, 11) is 0. The number of nitrogens with one attached hydrogen (secondary N) is 2. The lowest BCUT2D eigenvalue weighted by molar-refractivity contribution is 0.233. The fourth-order valence-corrected chi connectivity index (χ4v) is 1.38. The lowest BCUT2D eigenvalue weighted by atomic mass is 10.0. The molecule has 0 heterocycles. The minimum atomic E-state index is -0.140. The van der Waals surface area contributed by atoms with Crippen LogP contribution in [0.15, 0.2) is 0 Å². The van der Waals surface area contributed by atoms with Crippen molar-refractivity contribution in [3.8, 4) is 0 Å². The molecule has 0 aliphatic rings. The molecule has 3 N–H and O–H groups in total. The maximum absolute atomic E-state index is 11.3. The zero-order chi connectivity index (χ0) is 11.7. The normalized spacial score (nSPS) is 14.4. The largest absolute Gasteiger partial charge is 0.396 e. The number of hydrogen-bond acceptors (Lipinski definition) is 2. The van der Waals surface area contributed by atoms with E-state index in [1.807, 2.05) is 6.92 Å². The SMILES string of the molecule is CCC(C)CC(C)NC(=O)NCCCO. The van der Waals surface area contributed by atoms with Crippen molar-refractivity contribution in [2.75, 3.05) is 13.2 Å². The highest BCUT2D eigenvalue weighted by Gasteiger charge is 2.09. The fourth-order valence-electron chi connectivity index (χ4n) is 1.38. The van der Waals surface area contributed by atoms with Crippen LogP contribution in [0.3, 0.4) is 0 Å². The van der Waals surface area contributed by atoms with Gasteiger partial charge in [-0.15, -0.1) is 0 Å². The molecule has 0 aromatic heterocycles. The Bertz CT molecular complexity index is 174. The Morgan fingerprint density at radius 2 is 2.07 bits per heavy atom. The van der Waals surface area contributed by atoms with Gasteiger partial charge in [0, 0.05) is 19.2 Å². The van der Waals surface area contributed by atoms with Crippen LogP contribution in [-0.2, 0) is 0 Å². The van der Waals surface area contributed by atoms with E-state index in [0.29, 0.717) is 18.9 Å². The summed E-state index contributed by atoms with van der Waals surface area (Å²) in [5, 5.41) is 14.1. The van der Waals surface area contributed by atoms with Crippen LogP contribution < -0.4 is 10.6 Å². The van der Waals surface area contributed by atoms with Gasteiger partial charge >= 0.3 is 6.03 Å². The highest BCUT2D eigenvalue weighted by molar-refractivity contribution is 5.74. The highest BCUT2D eigenvalue weighted by Crippen LogP contribution is 2.08. The first-order valence-electron chi connectivity index (χ1n) is 5.75. The van der Waals surface area contributed by atoms with Gasteiger partial charge in [0.05, 0.1) is 0 Å². The van der Waals surface area contributed by atoms with E-state index in [1.54, 1.807) is 0 Å². The number of carbonyl (C=O) groups is 1. The molecule has 15 heavy (non-hydrogen) atoms. The predicted molar refractivity (Wildman–Crippen MR) is 61.8 cm³/mol. The van der Waals surface area contributed by atoms with E-state index < -0.39 is 0 Å². The van der Waals surface area contributed by atoms with E-state index in [4.69, 9.17) is 5.11 Å². The molecule has 4 nitrogen and oxygen atoms in total. The second kappa shape index (κ2) is 8.53. The number of aliphatic hydroxyl groups excluding tert-OH is 1. The van der Waals surface area contributed by atoms with Crippen LogP contribution in [-0.4, -0.2) is 30.3 Å². The first kappa shape index (κ1) is 14.2. The smallest absolute Gasteiger partial charge is 0.314 e. The lowest BCUT2D eigenvalue weighted by Gasteiger charge is -2.17. The molecule has 0 aromatic rings. The summed E-state index contributed by atoms with van der Waals surface area (Å²) < 4.78 is 0. The molecule has 90 valence electrons. The summed E-state index contributed by atoms with van der Waals surface area (Å²) in [6.07, 6.45) is 2.75. The molecule has 0 radical (unpaired) electrons. The molecule has 0 saturated carbocycles. The molecule has 0 aliphatic heterocycles. The van der Waals surface area contributed by atoms with Gasteiger partial charge in [-0.25, -0.2) is 4.79 Å². The van der Waals surface area contributed by atoms with Gasteiger partial charge in [-0.05, 0) is 25.7 Å². The van der Waals surface area contributed by atoms with E-state index >= 15 is 0 Å². The summed E-state index contributed by atoms with van der Waals surface area (Å²) in [6.45, 7) is 6.99. The Balaban J connectivity index is 3.57. The van der Waals surface area contributed by atoms with Crippen molar-refractivity contribution in [2.45, 2.75) is 46.1 Å². The Kier molecular flexibility index (Phi) is 8.09. The number of urea groups is 1. The van der Waals surface area contributed by atoms with Crippen molar-refractivity contribution in [3.63, 3.8) is 0 Å². The molecule has 2 atom stereocenters. The van der Waals surface area contributed by atoms with Gasteiger partial charge < -0.3 is 15.7 Å². The van der Waals surface area contributed by atoms with Gasteiger partial charge in [0.15, 0.2) is 0 Å². The third kappa shape index (κ3) is 8.24. The fraction of sp³-hybridized carbons (Fsp3) is 0.909. The van der Waals surface area contributed by atoms with Gasteiger partial charge in [0.25, 0.3) is 0 Å². The Labute approximate surface area is 92.4 Å². The molecule has 0 spiro atoms. The van der Waals surface area contributed by atoms with Crippen LogP contribution in [0.25, 0.3) is 0 Å². The minimum absolute atomic E-state index is 0.114. The van der Waals surface area contributed by atoms with Crippen molar-refractivity contribution < 1.29 is 9.90 Å². The zero-order valence-corrected chi connectivity index (χ0v) is 10.0. The molecule has 0 fully saturated rings. The van der Waals surface area contributed by atoms with E-state index in [9.17, 15) is 4.79 Å². The maximum Gasteiger partial charge on any atom is 0.314 e. The molecule has 0 bridgehead atoms. The van der Waals surface area contributed by atoms with Gasteiger partial charge in [-0.3, -0.25) is 0 Å². The maximum atomic E-state index is 11.3. The minimum Gasteiger partial charge on any atom is -0.396 e. The monoisotopic (exact) mass is 216 g/mol. The van der Waals surface area contributed by atoms with Gasteiger partial charge in [0.2, 0.25) is 0 Å². The van der Waals surface area contributed by atoms with Crippen LogP contribution in [0, 0.1) is 5.92 Å². The van der Waals surface area contributed by atoms with E-state index in [0.717, 1.165) is 12.8 Å². The summed E-state index contributed by atoms with van der Waals surface area (Å²) in [6, 6.07) is 0.0633. The van der Waals surface area contributed by atoms with Gasteiger partial charge in [-0.2, -0.15) is 0 Å². The van der Waals surface area contributed by atoms with Crippen LogP contribution >= 0.6 is 0 Å². The number of amides is 2. The van der Waals surface area contributed by atoms with E-state index in [1.165, 1.54) is 0 Å². The third-order valence-corrected chi connectivity index (χ3v) is 2.45. The molecule has 0 aliphatic carbocycles. The average molecular weight is 216 g/mol. The number of aliphatic hydroxyl groups is 1. The molecular weight excluding hydrogens is 192 g/mol. The third-order valence-electron chi connectivity index (χ3n) is 2.45. The average Bonchev–Trinajstić information content (AvgIpc) is 2.17. The van der Waals surface area contributed by atoms with Crippen molar-refractivity contribution >= 4 is 6.03 Å². The van der Waals surface area contributed by atoms with Crippen LogP contribution in [0.2, 0.25) is 0 Å². The van der Waals surface area contributed by atoms with Crippen molar-refractivity contribution in [1.29, 1.82) is 0 Å². The van der Waals surface area contributed by atoms with Crippen molar-refractivity contribution in [3.05, 3.63) is 0 Å². The van der Waals surface area contributed by atoms with Gasteiger partial charge in [-0.1, -0.05) is 20.3 Å². The molecule has 0 saturated heterocycles. The highest BCUT2D eigenvalue weighted by atomic mass is 16.3. The Hall–Kier alpha value is -0.770. The Morgan fingerprint density at radius 3 is 2.60 bits per heavy atom. The second-order valence-electron chi connectivity index (χ2n) is 4.13. The van der Waals surface area contributed by atoms with Crippen LogP contribution in [0.5, 0.6) is 0 Å². The first-order valence-corrected chi connectivity index (χ1v) is 5.75. The number of hydrogen-bond donors (Lipinski definition) is 3. The Morgan fingerprint density at radius 1 is 1.40 bits per heavy atom. The second-order valence-corrected chi connectivity index (χ2v) is 4.13.